The van der Waals surface area contributed by atoms with E-state index in [1.54, 1.807) is 52.0 Å². The molecule has 0 atom stereocenters. The summed E-state index contributed by atoms with van der Waals surface area (Å²) in [5.74, 6) is -0.420. The Bertz CT molecular complexity index is 449. The third-order valence-corrected chi connectivity index (χ3v) is 3.32. The van der Waals surface area contributed by atoms with Crippen LogP contribution < -0.4 is 5.46 Å². The molecule has 0 spiro atoms. The molecule has 0 saturated carbocycles. The van der Waals surface area contributed by atoms with Crippen molar-refractivity contribution >= 4 is 18.9 Å². The molecule has 0 fully saturated rings. The zero-order valence-corrected chi connectivity index (χ0v) is 12.1. The fraction of sp³-hybridized carbons (Fsp3) is 0.500. The molecule has 0 saturated heterocycles. The Kier molecular flexibility index (Phi) is 4.77. The first kappa shape index (κ1) is 15.7. The van der Waals surface area contributed by atoms with Crippen LogP contribution in [0.1, 0.15) is 38.1 Å². The van der Waals surface area contributed by atoms with Crippen LogP contribution in [0.2, 0.25) is 0 Å². The SMILES string of the molecule is COC(=O)c1ccccc1[B]OC(C)(C)C(C)(C)O. The summed E-state index contributed by atoms with van der Waals surface area (Å²) >= 11 is 0. The van der Waals surface area contributed by atoms with E-state index < -0.39 is 17.2 Å². The van der Waals surface area contributed by atoms with Crippen LogP contribution in [0.15, 0.2) is 24.3 Å². The number of esters is 1. The maximum Gasteiger partial charge on any atom is 0.337 e. The number of hydrogen-bond acceptors (Lipinski definition) is 4. The zero-order chi connectivity index (χ0) is 14.7. The summed E-state index contributed by atoms with van der Waals surface area (Å²) in [6, 6.07) is 6.98. The lowest BCUT2D eigenvalue weighted by Gasteiger charge is -2.37. The van der Waals surface area contributed by atoms with Crippen molar-refractivity contribution in [2.75, 3.05) is 7.11 Å². The minimum Gasteiger partial charge on any atom is -0.465 e. The fourth-order valence-corrected chi connectivity index (χ4v) is 1.25. The molecule has 103 valence electrons. The highest BCUT2D eigenvalue weighted by Crippen LogP contribution is 2.24. The molecule has 0 unspecified atom stereocenters. The number of benzene rings is 1. The van der Waals surface area contributed by atoms with Gasteiger partial charge in [0, 0.05) is 0 Å². The molecule has 0 aliphatic carbocycles. The van der Waals surface area contributed by atoms with Gasteiger partial charge in [-0.1, -0.05) is 18.2 Å². The summed E-state index contributed by atoms with van der Waals surface area (Å²) in [4.78, 5) is 11.6. The van der Waals surface area contributed by atoms with E-state index in [4.69, 9.17) is 9.39 Å². The quantitative estimate of drug-likeness (QED) is 0.642. The molecular weight excluding hydrogens is 243 g/mol. The summed E-state index contributed by atoms with van der Waals surface area (Å²) in [6.45, 7) is 6.91. The maximum atomic E-state index is 11.6. The van der Waals surface area contributed by atoms with Gasteiger partial charge in [-0.05, 0) is 39.2 Å². The van der Waals surface area contributed by atoms with Crippen LogP contribution in [0.4, 0.5) is 0 Å². The van der Waals surface area contributed by atoms with Crippen molar-refractivity contribution in [3.8, 4) is 0 Å². The molecule has 0 heterocycles. The van der Waals surface area contributed by atoms with Gasteiger partial charge in [-0.25, -0.2) is 4.79 Å². The van der Waals surface area contributed by atoms with Gasteiger partial charge in [0.2, 0.25) is 0 Å². The number of rotatable bonds is 5. The first-order chi connectivity index (χ1) is 8.69. The zero-order valence-electron chi connectivity index (χ0n) is 12.1. The normalized spacial score (nSPS) is 12.1. The minimum atomic E-state index is -1.01. The van der Waals surface area contributed by atoms with Gasteiger partial charge in [-0.3, -0.25) is 0 Å². The van der Waals surface area contributed by atoms with Gasteiger partial charge in [-0.15, -0.1) is 0 Å². The highest BCUT2D eigenvalue weighted by molar-refractivity contribution is 6.49. The summed E-state index contributed by atoms with van der Waals surface area (Å²) in [5.41, 5.74) is -0.747. The Hall–Kier alpha value is -1.33. The molecule has 19 heavy (non-hydrogen) atoms. The number of ether oxygens (including phenoxy) is 1. The van der Waals surface area contributed by atoms with Crippen molar-refractivity contribution in [1.29, 1.82) is 0 Å². The molecule has 0 aliphatic heterocycles. The summed E-state index contributed by atoms with van der Waals surface area (Å²) in [6.07, 6.45) is 0. The maximum absolute atomic E-state index is 11.6. The lowest BCUT2D eigenvalue weighted by molar-refractivity contribution is -0.0893. The first-order valence-electron chi connectivity index (χ1n) is 6.10. The molecule has 1 aromatic rings. The monoisotopic (exact) mass is 263 g/mol. The third-order valence-electron chi connectivity index (χ3n) is 3.32. The van der Waals surface area contributed by atoms with Gasteiger partial charge in [-0.2, -0.15) is 0 Å². The van der Waals surface area contributed by atoms with Crippen molar-refractivity contribution in [2.24, 2.45) is 0 Å². The fourth-order valence-electron chi connectivity index (χ4n) is 1.25. The smallest absolute Gasteiger partial charge is 0.337 e. The summed E-state index contributed by atoms with van der Waals surface area (Å²) in [5, 5.41) is 10.0. The molecule has 0 amide bonds. The highest BCUT2D eigenvalue weighted by Gasteiger charge is 2.36. The Labute approximate surface area is 115 Å². The molecule has 0 aliphatic rings. The van der Waals surface area contributed by atoms with Gasteiger partial charge < -0.3 is 14.5 Å². The molecule has 1 radical (unpaired) electrons. The Morgan fingerprint density at radius 1 is 1.21 bits per heavy atom. The van der Waals surface area contributed by atoms with Crippen molar-refractivity contribution in [3.05, 3.63) is 29.8 Å². The molecule has 0 aromatic heterocycles. The predicted molar refractivity (Wildman–Crippen MR) is 74.6 cm³/mol. The first-order valence-corrected chi connectivity index (χ1v) is 6.10. The minimum absolute atomic E-state index is 0.420. The average Bonchev–Trinajstić information content (AvgIpc) is 2.34. The lowest BCUT2D eigenvalue weighted by atomic mass is 9.80. The molecule has 1 rings (SSSR count). The van der Waals surface area contributed by atoms with E-state index >= 15 is 0 Å². The lowest BCUT2D eigenvalue weighted by Crippen LogP contribution is -2.49. The molecule has 0 bridgehead atoms. The van der Waals surface area contributed by atoms with Gasteiger partial charge in [0.1, 0.15) is 0 Å². The van der Waals surface area contributed by atoms with Gasteiger partial charge in [0.05, 0.1) is 23.9 Å². The summed E-state index contributed by atoms with van der Waals surface area (Å²) < 4.78 is 10.3. The topological polar surface area (TPSA) is 55.8 Å². The van der Waals surface area contributed by atoms with E-state index in [0.717, 1.165) is 0 Å². The van der Waals surface area contributed by atoms with Crippen LogP contribution in [0.5, 0.6) is 0 Å². The number of hydrogen-bond donors (Lipinski definition) is 1. The van der Waals surface area contributed by atoms with Crippen LogP contribution in [0.3, 0.4) is 0 Å². The second-order valence-electron chi connectivity index (χ2n) is 5.38. The van der Waals surface area contributed by atoms with Crippen molar-refractivity contribution < 1.29 is 19.3 Å². The molecule has 1 N–H and O–H groups in total. The number of aliphatic hydroxyl groups is 1. The van der Waals surface area contributed by atoms with Crippen LogP contribution in [0.25, 0.3) is 0 Å². The largest absolute Gasteiger partial charge is 0.465 e. The molecular formula is C14H20BO4. The van der Waals surface area contributed by atoms with Crippen LogP contribution in [-0.2, 0) is 9.39 Å². The van der Waals surface area contributed by atoms with E-state index in [1.807, 2.05) is 0 Å². The third kappa shape index (κ3) is 3.82. The van der Waals surface area contributed by atoms with Gasteiger partial charge in [0.15, 0.2) is 0 Å². The van der Waals surface area contributed by atoms with Crippen LogP contribution in [-0.4, -0.2) is 36.9 Å². The molecule has 1 aromatic carbocycles. The van der Waals surface area contributed by atoms with E-state index in [9.17, 15) is 9.90 Å². The van der Waals surface area contributed by atoms with E-state index in [-0.39, 0.29) is 0 Å². The van der Waals surface area contributed by atoms with Crippen molar-refractivity contribution in [3.63, 3.8) is 0 Å². The van der Waals surface area contributed by atoms with Crippen LogP contribution >= 0.6 is 0 Å². The highest BCUT2D eigenvalue weighted by atomic mass is 16.5. The summed E-state index contributed by atoms with van der Waals surface area (Å²) in [7, 11) is 2.81. The van der Waals surface area contributed by atoms with Crippen molar-refractivity contribution in [1.82, 2.24) is 0 Å². The predicted octanol–water partition coefficient (Wildman–Crippen LogP) is 1.28. The number of carbonyl (C=O) groups is 1. The van der Waals surface area contributed by atoms with Crippen LogP contribution in [0, 0.1) is 0 Å². The number of methoxy groups -OCH3 is 1. The van der Waals surface area contributed by atoms with Gasteiger partial charge >= 0.3 is 13.5 Å². The average molecular weight is 263 g/mol. The standard InChI is InChI=1S/C14H20BO4/c1-13(2,17)14(3,4)19-15-11-9-7-6-8-10(11)12(16)18-5/h6-9,17H,1-5H3. The van der Waals surface area contributed by atoms with E-state index in [2.05, 4.69) is 0 Å². The molecule has 4 nitrogen and oxygen atoms in total. The Morgan fingerprint density at radius 3 is 2.32 bits per heavy atom. The Balaban J connectivity index is 2.87. The van der Waals surface area contributed by atoms with Gasteiger partial charge in [0.25, 0.3) is 0 Å². The van der Waals surface area contributed by atoms with Crippen molar-refractivity contribution in [2.45, 2.75) is 38.9 Å². The second kappa shape index (κ2) is 5.76. The Morgan fingerprint density at radius 2 is 1.79 bits per heavy atom. The number of carbonyl (C=O) groups excluding carboxylic acids is 1. The van der Waals surface area contributed by atoms with E-state index in [0.29, 0.717) is 11.0 Å². The second-order valence-corrected chi connectivity index (χ2v) is 5.38. The molecule has 5 heteroatoms. The van der Waals surface area contributed by atoms with E-state index in [1.165, 1.54) is 14.6 Å².